The molecule has 1 unspecified atom stereocenters. The number of Topliss-reactive ketones (excluding diaryl/α,β-unsaturated/α-hetero) is 1. The van der Waals surface area contributed by atoms with Gasteiger partial charge in [-0.25, -0.2) is 4.79 Å². The Morgan fingerprint density at radius 2 is 1.68 bits per heavy atom. The zero-order chi connectivity index (χ0) is 26.9. The number of hydrogen-bond acceptors (Lipinski definition) is 7. The molecule has 4 rings (SSSR count). The van der Waals surface area contributed by atoms with Gasteiger partial charge in [-0.2, -0.15) is 0 Å². The summed E-state index contributed by atoms with van der Waals surface area (Å²) in [5.41, 5.74) is 0.887. The lowest BCUT2D eigenvalue weighted by atomic mass is 9.98. The Bertz CT molecular complexity index is 1380. The van der Waals surface area contributed by atoms with Crippen LogP contribution in [-0.2, 0) is 14.3 Å². The van der Waals surface area contributed by atoms with E-state index in [4.69, 9.17) is 32.7 Å². The number of carbonyl (C=O) groups excluding carboxylic acids is 3. The number of nitrogens with zero attached hydrogens (tertiary/aromatic N) is 2. The molecule has 190 valence electrons. The molecule has 0 bridgehead atoms. The van der Waals surface area contributed by atoms with Crippen LogP contribution in [0.15, 0.2) is 66.4 Å². The van der Waals surface area contributed by atoms with Crippen molar-refractivity contribution in [3.05, 3.63) is 93.2 Å². The molecule has 1 N–H and O–H groups in total. The molecule has 37 heavy (non-hydrogen) atoms. The fourth-order valence-electron chi connectivity index (χ4n) is 4.00. The average molecular weight is 541 g/mol. The number of aliphatic hydroxyl groups is 1. The summed E-state index contributed by atoms with van der Waals surface area (Å²) in [6.07, 6.45) is 1.22. The lowest BCUT2D eigenvalue weighted by Crippen LogP contribution is -2.29. The van der Waals surface area contributed by atoms with Gasteiger partial charge in [0.15, 0.2) is 5.75 Å². The molecular formula is C27H22Cl2N2O6. The highest BCUT2D eigenvalue weighted by molar-refractivity contribution is 6.51. The van der Waals surface area contributed by atoms with Crippen LogP contribution in [0.4, 0.5) is 5.69 Å². The van der Waals surface area contributed by atoms with E-state index >= 15 is 0 Å². The van der Waals surface area contributed by atoms with Gasteiger partial charge in [0.1, 0.15) is 11.8 Å². The first-order valence-corrected chi connectivity index (χ1v) is 12.0. The number of ether oxygens (including phenoxy) is 2. The summed E-state index contributed by atoms with van der Waals surface area (Å²) < 4.78 is 10.4. The van der Waals surface area contributed by atoms with Gasteiger partial charge in [-0.3, -0.25) is 19.5 Å². The molecule has 1 atom stereocenters. The Morgan fingerprint density at radius 3 is 2.22 bits per heavy atom. The standard InChI is InChI=1S/C27H22Cl2N2O6/c1-14(2)37-27(35)15-7-9-17(10-8-15)31-22(20-6-4-5-11-30-20)21(24(33)26(31)34)23(32)16-12-18(28)25(36-3)19(29)13-16/h4-14,22,32H,1-3H3/b23-21+. The largest absolute Gasteiger partial charge is 0.507 e. The average Bonchev–Trinajstić information content (AvgIpc) is 3.14. The quantitative estimate of drug-likeness (QED) is 0.188. The Balaban J connectivity index is 1.85. The van der Waals surface area contributed by atoms with Gasteiger partial charge in [0.05, 0.1) is 40.1 Å². The van der Waals surface area contributed by atoms with Crippen LogP contribution in [0.3, 0.4) is 0 Å². The van der Waals surface area contributed by atoms with Crippen molar-refractivity contribution in [2.24, 2.45) is 0 Å². The number of esters is 1. The van der Waals surface area contributed by atoms with E-state index in [2.05, 4.69) is 4.98 Å². The summed E-state index contributed by atoms with van der Waals surface area (Å²) in [5, 5.41) is 11.5. The molecular weight excluding hydrogens is 519 g/mol. The van der Waals surface area contributed by atoms with Crippen LogP contribution < -0.4 is 9.64 Å². The van der Waals surface area contributed by atoms with Crippen LogP contribution >= 0.6 is 23.2 Å². The second kappa shape index (κ2) is 10.6. The molecule has 0 aliphatic carbocycles. The monoisotopic (exact) mass is 540 g/mol. The molecule has 1 aliphatic heterocycles. The normalized spacial score (nSPS) is 16.8. The van der Waals surface area contributed by atoms with Crippen molar-refractivity contribution in [1.29, 1.82) is 0 Å². The van der Waals surface area contributed by atoms with Gasteiger partial charge < -0.3 is 14.6 Å². The number of anilines is 1. The SMILES string of the molecule is COc1c(Cl)cc(/C(O)=C2\C(=O)C(=O)N(c3ccc(C(=O)OC(C)C)cc3)C2c2ccccn2)cc1Cl. The number of amides is 1. The summed E-state index contributed by atoms with van der Waals surface area (Å²) in [6.45, 7) is 3.48. The topological polar surface area (TPSA) is 106 Å². The number of aliphatic hydroxyl groups excluding tert-OH is 1. The first kappa shape index (κ1) is 26.2. The summed E-state index contributed by atoms with van der Waals surface area (Å²) >= 11 is 12.5. The molecule has 2 heterocycles. The van der Waals surface area contributed by atoms with Crippen LogP contribution in [0.2, 0.25) is 10.0 Å². The van der Waals surface area contributed by atoms with Crippen LogP contribution in [0.1, 0.15) is 41.5 Å². The van der Waals surface area contributed by atoms with Crippen molar-refractivity contribution >= 4 is 52.3 Å². The van der Waals surface area contributed by atoms with E-state index in [0.717, 1.165) is 0 Å². The lowest BCUT2D eigenvalue weighted by Gasteiger charge is -2.24. The third-order valence-corrected chi connectivity index (χ3v) is 6.17. The number of benzene rings is 2. The predicted molar refractivity (Wildman–Crippen MR) is 139 cm³/mol. The molecule has 3 aromatic rings. The van der Waals surface area contributed by atoms with Gasteiger partial charge in [0.25, 0.3) is 11.7 Å². The number of halogens is 2. The van der Waals surface area contributed by atoms with Crippen LogP contribution in [0, 0.1) is 0 Å². The number of pyridine rings is 1. The summed E-state index contributed by atoms with van der Waals surface area (Å²) in [7, 11) is 1.40. The van der Waals surface area contributed by atoms with Crippen molar-refractivity contribution in [3.8, 4) is 5.75 Å². The van der Waals surface area contributed by atoms with Gasteiger partial charge >= 0.3 is 5.97 Å². The number of aromatic nitrogens is 1. The van der Waals surface area contributed by atoms with E-state index < -0.39 is 29.5 Å². The fourth-order valence-corrected chi connectivity index (χ4v) is 4.65. The highest BCUT2D eigenvalue weighted by Gasteiger charge is 2.47. The number of carbonyl (C=O) groups is 3. The molecule has 10 heteroatoms. The number of rotatable bonds is 6. The van der Waals surface area contributed by atoms with Crippen molar-refractivity contribution in [1.82, 2.24) is 4.98 Å². The Kier molecular flexibility index (Phi) is 7.52. The first-order valence-electron chi connectivity index (χ1n) is 11.2. The fraction of sp³-hybridized carbons (Fsp3) is 0.185. The molecule has 0 radical (unpaired) electrons. The minimum absolute atomic E-state index is 0.115. The van der Waals surface area contributed by atoms with Crippen LogP contribution in [0.5, 0.6) is 5.75 Å². The van der Waals surface area contributed by atoms with Crippen molar-refractivity contribution < 1.29 is 29.0 Å². The third kappa shape index (κ3) is 5.03. The predicted octanol–water partition coefficient (Wildman–Crippen LogP) is 5.59. The van der Waals surface area contributed by atoms with Gasteiger partial charge in [0, 0.05) is 17.4 Å². The molecule has 1 fully saturated rings. The molecule has 1 aromatic heterocycles. The van der Waals surface area contributed by atoms with Crippen molar-refractivity contribution in [2.75, 3.05) is 12.0 Å². The van der Waals surface area contributed by atoms with E-state index in [1.54, 1.807) is 32.0 Å². The molecule has 1 amide bonds. The molecule has 0 saturated carbocycles. The van der Waals surface area contributed by atoms with E-state index in [0.29, 0.717) is 11.4 Å². The number of ketones is 1. The zero-order valence-corrected chi connectivity index (χ0v) is 21.6. The number of hydrogen-bond donors (Lipinski definition) is 1. The van der Waals surface area contributed by atoms with E-state index in [1.807, 2.05) is 0 Å². The summed E-state index contributed by atoms with van der Waals surface area (Å²) in [6, 6.07) is 12.8. The highest BCUT2D eigenvalue weighted by Crippen LogP contribution is 2.43. The Hall–Kier alpha value is -3.88. The Morgan fingerprint density at radius 1 is 1.03 bits per heavy atom. The maximum Gasteiger partial charge on any atom is 0.338 e. The molecule has 2 aromatic carbocycles. The van der Waals surface area contributed by atoms with Crippen LogP contribution in [0.25, 0.3) is 5.76 Å². The summed E-state index contributed by atoms with van der Waals surface area (Å²) in [4.78, 5) is 44.4. The minimum Gasteiger partial charge on any atom is -0.507 e. The van der Waals surface area contributed by atoms with E-state index in [1.165, 1.54) is 54.6 Å². The van der Waals surface area contributed by atoms with Crippen molar-refractivity contribution in [2.45, 2.75) is 26.0 Å². The molecule has 8 nitrogen and oxygen atoms in total. The molecule has 1 saturated heterocycles. The highest BCUT2D eigenvalue weighted by atomic mass is 35.5. The first-order chi connectivity index (χ1) is 17.6. The summed E-state index contributed by atoms with van der Waals surface area (Å²) in [5.74, 6) is -2.57. The van der Waals surface area contributed by atoms with Crippen LogP contribution in [-0.4, -0.2) is 41.0 Å². The molecule has 1 aliphatic rings. The minimum atomic E-state index is -1.06. The van der Waals surface area contributed by atoms with Gasteiger partial charge in [-0.05, 0) is 62.4 Å². The number of methoxy groups -OCH3 is 1. The zero-order valence-electron chi connectivity index (χ0n) is 20.1. The Labute approximate surface area is 223 Å². The maximum atomic E-state index is 13.3. The smallest absolute Gasteiger partial charge is 0.338 e. The maximum absolute atomic E-state index is 13.3. The second-order valence-corrected chi connectivity index (χ2v) is 9.21. The van der Waals surface area contributed by atoms with Crippen molar-refractivity contribution in [3.63, 3.8) is 0 Å². The third-order valence-electron chi connectivity index (χ3n) is 5.61. The second-order valence-electron chi connectivity index (χ2n) is 8.40. The van der Waals surface area contributed by atoms with Gasteiger partial charge in [-0.15, -0.1) is 0 Å². The lowest BCUT2D eigenvalue weighted by molar-refractivity contribution is -0.132. The van der Waals surface area contributed by atoms with E-state index in [9.17, 15) is 19.5 Å². The molecule has 0 spiro atoms. The van der Waals surface area contributed by atoms with Gasteiger partial charge in [0.2, 0.25) is 0 Å². The van der Waals surface area contributed by atoms with Gasteiger partial charge in [-0.1, -0.05) is 29.3 Å². The van der Waals surface area contributed by atoms with E-state index in [-0.39, 0.29) is 38.6 Å².